The highest BCUT2D eigenvalue weighted by Crippen LogP contribution is 2.45. The van der Waals surface area contributed by atoms with Gasteiger partial charge in [-0.3, -0.25) is 4.79 Å². The van der Waals surface area contributed by atoms with Crippen molar-refractivity contribution in [3.05, 3.63) is 35.7 Å². The number of aliphatic carboxylic acids is 1. The van der Waals surface area contributed by atoms with E-state index in [0.717, 1.165) is 58.0 Å². The molecule has 1 saturated carbocycles. The van der Waals surface area contributed by atoms with E-state index in [1.165, 1.54) is 24.8 Å². The van der Waals surface area contributed by atoms with Crippen LogP contribution in [0, 0.1) is 29.6 Å². The van der Waals surface area contributed by atoms with Crippen molar-refractivity contribution in [2.24, 2.45) is 35.3 Å². The van der Waals surface area contributed by atoms with E-state index in [1.54, 1.807) is 0 Å². The summed E-state index contributed by atoms with van der Waals surface area (Å²) in [6.07, 6.45) is 19.8. The topological polar surface area (TPSA) is 148 Å². The average molecular weight is 604 g/mol. The van der Waals surface area contributed by atoms with Gasteiger partial charge in [0.15, 0.2) is 0 Å². The highest BCUT2D eigenvalue weighted by Gasteiger charge is 2.44. The maximum atomic E-state index is 12.1. The van der Waals surface area contributed by atoms with Crippen molar-refractivity contribution >= 4 is 5.97 Å². The number of hydrogen-bond donors (Lipinski definition) is 7. The molecule has 3 rings (SSSR count). The molecule has 8 N–H and O–H groups in total. The number of nitrogens with two attached hydrogens (primary N) is 1. The molecule has 1 fully saturated rings. The summed E-state index contributed by atoms with van der Waals surface area (Å²) in [5, 5.41) is 49.5. The van der Waals surface area contributed by atoms with Crippen LogP contribution in [0.25, 0.3) is 0 Å². The van der Waals surface area contributed by atoms with Crippen LogP contribution in [0.1, 0.15) is 110 Å². The summed E-state index contributed by atoms with van der Waals surface area (Å²) in [5.41, 5.74) is 6.26. The molecule has 246 valence electrons. The Morgan fingerprint density at radius 1 is 1.09 bits per heavy atom. The Labute approximate surface area is 260 Å². The number of dihydropyridines is 1. The molecular formula is C35H61N3O5. The van der Waals surface area contributed by atoms with Gasteiger partial charge in [-0.2, -0.15) is 0 Å². The molecular weight excluding hydrogens is 542 g/mol. The first kappa shape index (κ1) is 35.6. The van der Waals surface area contributed by atoms with E-state index < -0.39 is 23.6 Å². The number of allylic oxidation sites excluding steroid dienone is 3. The number of carbonyl (C=O) groups is 1. The molecule has 0 bridgehead atoms. The van der Waals surface area contributed by atoms with E-state index in [1.807, 2.05) is 6.08 Å². The van der Waals surface area contributed by atoms with Crippen molar-refractivity contribution < 1.29 is 25.2 Å². The van der Waals surface area contributed by atoms with Gasteiger partial charge in [0.2, 0.25) is 0 Å². The fourth-order valence-corrected chi connectivity index (χ4v) is 7.63. The second kappa shape index (κ2) is 18.2. The SMILES string of the molecule is CCCCCC1C=CC(CCCCCC(C(=O)O)C(O)CCC2(O)CC(CNCC)C(CC3=CCNC(N)=C3)C2)C(O)C1. The second-order valence-electron chi connectivity index (χ2n) is 13.7. The van der Waals surface area contributed by atoms with E-state index in [4.69, 9.17) is 5.73 Å². The minimum Gasteiger partial charge on any atom is -0.481 e. The number of unbranched alkanes of at least 4 members (excludes halogenated alkanes) is 4. The van der Waals surface area contributed by atoms with E-state index in [9.17, 15) is 25.2 Å². The molecule has 8 atom stereocenters. The van der Waals surface area contributed by atoms with Crippen molar-refractivity contribution in [2.75, 3.05) is 19.6 Å². The number of carboxylic acids is 1. The minimum absolute atomic E-state index is 0.190. The summed E-state index contributed by atoms with van der Waals surface area (Å²) < 4.78 is 0. The first-order valence-corrected chi connectivity index (χ1v) is 17.2. The van der Waals surface area contributed by atoms with E-state index in [2.05, 4.69) is 42.7 Å². The average Bonchev–Trinajstić information content (AvgIpc) is 3.28. The van der Waals surface area contributed by atoms with Crippen LogP contribution in [0.2, 0.25) is 0 Å². The van der Waals surface area contributed by atoms with Crippen molar-refractivity contribution in [3.8, 4) is 0 Å². The maximum Gasteiger partial charge on any atom is 0.309 e. The highest BCUT2D eigenvalue weighted by molar-refractivity contribution is 5.70. The number of carboxylic acid groups (broad SMARTS) is 1. The summed E-state index contributed by atoms with van der Waals surface area (Å²) in [7, 11) is 0. The zero-order valence-corrected chi connectivity index (χ0v) is 26.9. The molecule has 0 aromatic heterocycles. The number of aliphatic hydroxyl groups is 3. The third kappa shape index (κ3) is 11.9. The summed E-state index contributed by atoms with van der Waals surface area (Å²) in [4.78, 5) is 12.1. The Morgan fingerprint density at radius 3 is 2.56 bits per heavy atom. The first-order chi connectivity index (χ1) is 20.6. The van der Waals surface area contributed by atoms with Crippen molar-refractivity contribution in [3.63, 3.8) is 0 Å². The van der Waals surface area contributed by atoms with E-state index in [0.29, 0.717) is 55.8 Å². The maximum absolute atomic E-state index is 12.1. The number of rotatable bonds is 20. The standard InChI is InChI=1S/C35H61N3O5/c1-3-5-7-10-25-13-14-27(32(40)20-25)11-8-6-9-12-30(34(41)42)31(39)15-17-35(43)22-28(29(23-35)24-37-4-2)19-26-16-18-38-33(36)21-26/h13-14,16,21,25,27-32,37-40,43H,3-12,15,17-20,22-24,36H2,1-2H3,(H,41,42). The molecule has 0 spiro atoms. The molecule has 2 aliphatic carbocycles. The van der Waals surface area contributed by atoms with Crippen LogP contribution < -0.4 is 16.4 Å². The Hall–Kier alpha value is -1.87. The fraction of sp³-hybridized carbons (Fsp3) is 0.800. The van der Waals surface area contributed by atoms with Crippen LogP contribution in [0.5, 0.6) is 0 Å². The third-order valence-electron chi connectivity index (χ3n) is 10.2. The summed E-state index contributed by atoms with van der Waals surface area (Å²) in [6, 6.07) is 0. The zero-order valence-electron chi connectivity index (χ0n) is 26.9. The van der Waals surface area contributed by atoms with Gasteiger partial charge in [-0.1, -0.05) is 70.6 Å². The van der Waals surface area contributed by atoms with Crippen LogP contribution in [-0.2, 0) is 4.79 Å². The zero-order chi connectivity index (χ0) is 31.2. The largest absolute Gasteiger partial charge is 0.481 e. The molecule has 1 heterocycles. The van der Waals surface area contributed by atoms with Gasteiger partial charge in [-0.25, -0.2) is 0 Å². The molecule has 43 heavy (non-hydrogen) atoms. The highest BCUT2D eigenvalue weighted by atomic mass is 16.4. The summed E-state index contributed by atoms with van der Waals surface area (Å²) >= 11 is 0. The molecule has 0 aromatic carbocycles. The lowest BCUT2D eigenvalue weighted by atomic mass is 9.81. The molecule has 8 unspecified atom stereocenters. The lowest BCUT2D eigenvalue weighted by Crippen LogP contribution is -2.33. The number of hydrogen-bond acceptors (Lipinski definition) is 7. The molecule has 0 aromatic rings. The lowest BCUT2D eigenvalue weighted by Gasteiger charge is -2.28. The van der Waals surface area contributed by atoms with Gasteiger partial charge in [0.1, 0.15) is 0 Å². The van der Waals surface area contributed by atoms with Gasteiger partial charge in [0, 0.05) is 12.5 Å². The fourth-order valence-electron chi connectivity index (χ4n) is 7.63. The predicted octanol–water partition coefficient (Wildman–Crippen LogP) is 5.00. The number of aliphatic hydroxyl groups excluding tert-OH is 2. The Morgan fingerprint density at radius 2 is 1.86 bits per heavy atom. The Kier molecular flexibility index (Phi) is 15.1. The quantitative estimate of drug-likeness (QED) is 0.0760. The van der Waals surface area contributed by atoms with Gasteiger partial charge >= 0.3 is 5.97 Å². The second-order valence-corrected chi connectivity index (χ2v) is 13.7. The van der Waals surface area contributed by atoms with E-state index in [-0.39, 0.29) is 18.4 Å². The summed E-state index contributed by atoms with van der Waals surface area (Å²) in [5.74, 6) is 0.181. The number of nitrogens with one attached hydrogen (secondary N) is 2. The molecule has 8 nitrogen and oxygen atoms in total. The van der Waals surface area contributed by atoms with Gasteiger partial charge in [0.05, 0.1) is 29.5 Å². The predicted molar refractivity (Wildman–Crippen MR) is 173 cm³/mol. The van der Waals surface area contributed by atoms with Gasteiger partial charge in [-0.15, -0.1) is 0 Å². The third-order valence-corrected chi connectivity index (χ3v) is 10.2. The van der Waals surface area contributed by atoms with Gasteiger partial charge in [-0.05, 0) is 100 Å². The van der Waals surface area contributed by atoms with E-state index >= 15 is 0 Å². The Balaban J connectivity index is 1.42. The van der Waals surface area contributed by atoms with Crippen molar-refractivity contribution in [1.82, 2.24) is 10.6 Å². The molecule has 0 radical (unpaired) electrons. The molecule has 0 amide bonds. The molecule has 0 saturated heterocycles. The molecule has 3 aliphatic rings. The smallest absolute Gasteiger partial charge is 0.309 e. The normalized spacial score (nSPS) is 30.4. The van der Waals surface area contributed by atoms with Gasteiger partial charge in [0.25, 0.3) is 0 Å². The molecule has 1 aliphatic heterocycles. The van der Waals surface area contributed by atoms with Crippen LogP contribution >= 0.6 is 0 Å². The lowest BCUT2D eigenvalue weighted by molar-refractivity contribution is -0.146. The molecule has 8 heteroatoms. The van der Waals surface area contributed by atoms with Crippen LogP contribution in [0.15, 0.2) is 35.7 Å². The summed E-state index contributed by atoms with van der Waals surface area (Å²) in [6.45, 7) is 6.72. The van der Waals surface area contributed by atoms with Crippen molar-refractivity contribution in [2.45, 2.75) is 128 Å². The minimum atomic E-state index is -0.976. The Bertz CT molecular complexity index is 936. The first-order valence-electron chi connectivity index (χ1n) is 17.2. The monoisotopic (exact) mass is 603 g/mol. The van der Waals surface area contributed by atoms with Crippen molar-refractivity contribution in [1.29, 1.82) is 0 Å². The van der Waals surface area contributed by atoms with Gasteiger partial charge < -0.3 is 36.8 Å². The van der Waals surface area contributed by atoms with Crippen LogP contribution in [0.4, 0.5) is 0 Å². The van der Waals surface area contributed by atoms with Crippen LogP contribution in [-0.4, -0.2) is 63.8 Å². The van der Waals surface area contributed by atoms with Crippen LogP contribution in [0.3, 0.4) is 0 Å².